The Morgan fingerprint density at radius 3 is 2.92 bits per heavy atom. The number of aliphatic carboxylic acids is 1. The molecule has 0 spiro atoms. The first kappa shape index (κ1) is 18.3. The lowest BCUT2D eigenvalue weighted by Crippen LogP contribution is -2.43. The summed E-state index contributed by atoms with van der Waals surface area (Å²) in [6, 6.07) is 2.25. The monoisotopic (exact) mass is 376 g/mol. The van der Waals surface area contributed by atoms with Gasteiger partial charge in [0.25, 0.3) is 5.91 Å². The number of nitrogens with one attached hydrogen (secondary N) is 2. The van der Waals surface area contributed by atoms with E-state index in [9.17, 15) is 9.59 Å². The Kier molecular flexibility index (Phi) is 5.19. The lowest BCUT2D eigenvalue weighted by atomic mass is 9.89. The highest BCUT2D eigenvalue weighted by Gasteiger charge is 2.31. The number of carboxylic acids is 1. The van der Waals surface area contributed by atoms with E-state index in [4.69, 9.17) is 10.2 Å². The molecule has 3 atom stereocenters. The highest BCUT2D eigenvalue weighted by molar-refractivity contribution is 7.14. The van der Waals surface area contributed by atoms with Crippen molar-refractivity contribution in [2.75, 3.05) is 18.5 Å². The number of aliphatic hydroxyl groups excluding tert-OH is 1. The van der Waals surface area contributed by atoms with Gasteiger partial charge in [0.05, 0.1) is 11.5 Å². The summed E-state index contributed by atoms with van der Waals surface area (Å²) in [6.45, 7) is 4.03. The number of aliphatic hydroxyl groups is 1. The summed E-state index contributed by atoms with van der Waals surface area (Å²) >= 11 is 1.32. The van der Waals surface area contributed by atoms with Crippen molar-refractivity contribution in [2.24, 2.45) is 0 Å². The topological polar surface area (TPSA) is 124 Å². The Labute approximate surface area is 154 Å². The van der Waals surface area contributed by atoms with Crippen LogP contribution < -0.4 is 10.6 Å². The molecule has 2 aromatic rings. The Hall–Kier alpha value is -2.52. The number of fused-ring (bicyclic) bond motifs is 1. The molecule has 0 aromatic carbocycles. The first-order valence-electron chi connectivity index (χ1n) is 8.22. The fourth-order valence-corrected chi connectivity index (χ4v) is 4.02. The van der Waals surface area contributed by atoms with E-state index < -0.39 is 24.5 Å². The van der Waals surface area contributed by atoms with Gasteiger partial charge >= 0.3 is 5.97 Å². The minimum atomic E-state index is -1.31. The van der Waals surface area contributed by atoms with E-state index in [-0.39, 0.29) is 11.8 Å². The van der Waals surface area contributed by atoms with Crippen molar-refractivity contribution < 1.29 is 19.8 Å². The zero-order chi connectivity index (χ0) is 18.8. The van der Waals surface area contributed by atoms with Crippen LogP contribution in [0.1, 0.15) is 44.7 Å². The van der Waals surface area contributed by atoms with Gasteiger partial charge in [0.15, 0.2) is 6.04 Å². The van der Waals surface area contributed by atoms with Gasteiger partial charge in [-0.05, 0) is 25.0 Å². The van der Waals surface area contributed by atoms with E-state index in [1.165, 1.54) is 11.3 Å². The van der Waals surface area contributed by atoms with Crippen molar-refractivity contribution >= 4 is 29.0 Å². The third-order valence-electron chi connectivity index (χ3n) is 4.52. The van der Waals surface area contributed by atoms with Gasteiger partial charge in [0.1, 0.15) is 11.6 Å². The molecule has 2 aromatic heterocycles. The average molecular weight is 376 g/mol. The van der Waals surface area contributed by atoms with Gasteiger partial charge in [-0.1, -0.05) is 6.92 Å². The van der Waals surface area contributed by atoms with Gasteiger partial charge in [0, 0.05) is 29.1 Å². The summed E-state index contributed by atoms with van der Waals surface area (Å²) in [7, 11) is 0. The number of thiophene rings is 1. The maximum Gasteiger partial charge on any atom is 0.328 e. The normalized spacial score (nSPS) is 17.9. The maximum atomic E-state index is 12.2. The zero-order valence-corrected chi connectivity index (χ0v) is 15.2. The maximum absolute atomic E-state index is 12.2. The van der Waals surface area contributed by atoms with E-state index in [2.05, 4.69) is 27.5 Å². The number of rotatable bonds is 6. The minimum Gasteiger partial charge on any atom is -0.480 e. The van der Waals surface area contributed by atoms with Gasteiger partial charge in [-0.15, -0.1) is 11.3 Å². The Bertz CT molecular complexity index is 838. The molecule has 26 heavy (non-hydrogen) atoms. The van der Waals surface area contributed by atoms with Crippen LogP contribution in [-0.2, 0) is 4.79 Å². The number of aromatic nitrogens is 2. The second-order valence-electron chi connectivity index (χ2n) is 6.25. The summed E-state index contributed by atoms with van der Waals surface area (Å²) in [5.74, 6) is 0.153. The van der Waals surface area contributed by atoms with E-state index >= 15 is 0 Å². The Morgan fingerprint density at radius 1 is 1.46 bits per heavy atom. The van der Waals surface area contributed by atoms with Crippen molar-refractivity contribution in [1.29, 1.82) is 0 Å². The quantitative estimate of drug-likeness (QED) is 0.599. The molecule has 1 aliphatic heterocycles. The molecule has 3 heterocycles. The smallest absolute Gasteiger partial charge is 0.328 e. The lowest BCUT2D eigenvalue weighted by Gasteiger charge is -2.17. The summed E-state index contributed by atoms with van der Waals surface area (Å²) in [4.78, 5) is 33.3. The van der Waals surface area contributed by atoms with Gasteiger partial charge in [-0.3, -0.25) is 4.79 Å². The summed E-state index contributed by atoms with van der Waals surface area (Å²) in [6.07, 6.45) is 1.85. The Morgan fingerprint density at radius 2 is 2.23 bits per heavy atom. The molecule has 8 nitrogen and oxygen atoms in total. The van der Waals surface area contributed by atoms with Crippen LogP contribution in [0.2, 0.25) is 0 Å². The fraction of sp³-hybridized carbons (Fsp3) is 0.412. The number of carbonyl (C=O) groups is 2. The van der Waals surface area contributed by atoms with Gasteiger partial charge in [-0.25, -0.2) is 14.8 Å². The number of carbonyl (C=O) groups excluding carboxylic acids is 1. The van der Waals surface area contributed by atoms with Crippen LogP contribution >= 0.6 is 11.3 Å². The molecule has 4 N–H and O–H groups in total. The summed E-state index contributed by atoms with van der Waals surface area (Å²) in [5, 5.41) is 23.6. The van der Waals surface area contributed by atoms with Crippen LogP contribution in [0.3, 0.4) is 0 Å². The van der Waals surface area contributed by atoms with Crippen LogP contribution in [0.5, 0.6) is 0 Å². The van der Waals surface area contributed by atoms with Crippen molar-refractivity contribution in [1.82, 2.24) is 15.3 Å². The molecule has 1 aliphatic rings. The van der Waals surface area contributed by atoms with Crippen LogP contribution in [0.4, 0.5) is 5.82 Å². The van der Waals surface area contributed by atoms with E-state index in [1.807, 2.05) is 19.2 Å². The number of amides is 1. The molecule has 1 amide bonds. The summed E-state index contributed by atoms with van der Waals surface area (Å²) < 4.78 is 0. The van der Waals surface area contributed by atoms with Gasteiger partial charge in [-0.2, -0.15) is 0 Å². The predicted molar refractivity (Wildman–Crippen MR) is 96.7 cm³/mol. The molecule has 0 radical (unpaired) electrons. The van der Waals surface area contributed by atoms with Crippen LogP contribution in [0, 0.1) is 6.92 Å². The highest BCUT2D eigenvalue weighted by Crippen LogP contribution is 2.41. The predicted octanol–water partition coefficient (Wildman–Crippen LogP) is 1.33. The first-order valence-corrected chi connectivity index (χ1v) is 9.04. The number of carboxylic acid groups (broad SMARTS) is 1. The third-order valence-corrected chi connectivity index (χ3v) is 5.80. The molecule has 3 rings (SSSR count). The molecule has 0 saturated heterocycles. The standard InChI is InChI=1S/C17H20N4O4S/c1-8(10-5-19-15-11(10)6-18-9(2)20-15)13-3-4-14(26-13)16(23)21-12(7-22)17(24)25/h3-4,6,8,10,12,22H,5,7H2,1-2H3,(H,21,23)(H,24,25)(H,18,19,20)/t8?,10?,12-/m0/s1. The molecule has 0 saturated carbocycles. The molecule has 9 heteroatoms. The van der Waals surface area contributed by atoms with Crippen LogP contribution in [-0.4, -0.2) is 51.3 Å². The van der Waals surface area contributed by atoms with Crippen molar-refractivity contribution in [3.8, 4) is 0 Å². The number of anilines is 1. The minimum absolute atomic E-state index is 0.148. The summed E-state index contributed by atoms with van der Waals surface area (Å²) in [5.41, 5.74) is 1.06. The number of hydrogen-bond acceptors (Lipinski definition) is 7. The lowest BCUT2D eigenvalue weighted by molar-refractivity contribution is -0.140. The number of aryl methyl sites for hydroxylation is 1. The second-order valence-corrected chi connectivity index (χ2v) is 7.36. The van der Waals surface area contributed by atoms with E-state index in [1.54, 1.807) is 6.07 Å². The fourth-order valence-electron chi connectivity index (χ4n) is 2.99. The average Bonchev–Trinajstić information content (AvgIpc) is 3.25. The first-order chi connectivity index (χ1) is 12.4. The molecule has 0 fully saturated rings. The van der Waals surface area contributed by atoms with Gasteiger partial charge in [0.2, 0.25) is 0 Å². The highest BCUT2D eigenvalue weighted by atomic mass is 32.1. The SMILES string of the molecule is Cc1ncc2c(n1)NCC2C(C)c1ccc(C(=O)N[C@@H](CO)C(=O)O)s1. The van der Waals surface area contributed by atoms with Crippen molar-refractivity contribution in [3.05, 3.63) is 39.5 Å². The largest absolute Gasteiger partial charge is 0.480 e. The van der Waals surface area contributed by atoms with Gasteiger partial charge < -0.3 is 20.8 Å². The van der Waals surface area contributed by atoms with E-state index in [0.29, 0.717) is 4.88 Å². The zero-order valence-electron chi connectivity index (χ0n) is 14.4. The van der Waals surface area contributed by atoms with Crippen LogP contribution in [0.25, 0.3) is 0 Å². The Balaban J connectivity index is 1.74. The number of hydrogen-bond donors (Lipinski definition) is 4. The molecule has 2 unspecified atom stereocenters. The molecule has 0 bridgehead atoms. The molecular weight excluding hydrogens is 356 g/mol. The second kappa shape index (κ2) is 7.38. The van der Waals surface area contributed by atoms with Crippen molar-refractivity contribution in [3.63, 3.8) is 0 Å². The third kappa shape index (κ3) is 3.54. The van der Waals surface area contributed by atoms with E-state index in [0.717, 1.165) is 28.6 Å². The van der Waals surface area contributed by atoms with Crippen LogP contribution in [0.15, 0.2) is 18.3 Å². The molecule has 138 valence electrons. The molecule has 0 aliphatic carbocycles. The number of nitrogens with zero attached hydrogens (tertiary/aromatic N) is 2. The molecular formula is C17H20N4O4S. The van der Waals surface area contributed by atoms with Crippen molar-refractivity contribution in [2.45, 2.75) is 31.7 Å².